The molecule has 1 unspecified atom stereocenters. The molecule has 1 heterocycles. The highest BCUT2D eigenvalue weighted by Crippen LogP contribution is 2.18. The summed E-state index contributed by atoms with van der Waals surface area (Å²) in [6, 6.07) is 0. The molecule has 0 aromatic carbocycles. The first-order valence-electron chi connectivity index (χ1n) is 6.51. The number of nitrogens with two attached hydrogens (primary N) is 1. The third kappa shape index (κ3) is 4.83. The van der Waals surface area contributed by atoms with Crippen LogP contribution in [0.5, 0.6) is 0 Å². The van der Waals surface area contributed by atoms with Gasteiger partial charge in [0.15, 0.2) is 5.16 Å². The summed E-state index contributed by atoms with van der Waals surface area (Å²) in [6.45, 7) is 4.59. The standard InChI is InChI=1S/C12H23N5OS/c1-4-14-12(2,10(13)18)7-5-6-8-19-11-16-15-9-17(11)3/h9,14H,4-8H2,1-3H3,(H2,13,18). The van der Waals surface area contributed by atoms with Crippen LogP contribution in [0.4, 0.5) is 0 Å². The number of carbonyl (C=O) groups excluding carboxylic acids is 1. The van der Waals surface area contributed by atoms with E-state index in [0.29, 0.717) is 0 Å². The average molecular weight is 285 g/mol. The number of rotatable bonds is 9. The number of aryl methyl sites for hydroxylation is 1. The Bertz CT molecular complexity index is 409. The molecular weight excluding hydrogens is 262 g/mol. The number of nitrogens with one attached hydrogen (secondary N) is 1. The summed E-state index contributed by atoms with van der Waals surface area (Å²) in [4.78, 5) is 11.4. The molecule has 1 aromatic heterocycles. The van der Waals surface area contributed by atoms with Crippen LogP contribution in [-0.2, 0) is 11.8 Å². The van der Waals surface area contributed by atoms with Gasteiger partial charge in [0.05, 0.1) is 5.54 Å². The van der Waals surface area contributed by atoms with Crippen molar-refractivity contribution in [2.45, 2.75) is 43.8 Å². The van der Waals surface area contributed by atoms with Crippen molar-refractivity contribution in [3.63, 3.8) is 0 Å². The molecule has 0 aliphatic carbocycles. The van der Waals surface area contributed by atoms with E-state index in [-0.39, 0.29) is 5.91 Å². The quantitative estimate of drug-likeness (QED) is 0.521. The molecule has 0 saturated heterocycles. The summed E-state index contributed by atoms with van der Waals surface area (Å²) in [5.74, 6) is 0.684. The van der Waals surface area contributed by atoms with E-state index in [4.69, 9.17) is 5.73 Å². The van der Waals surface area contributed by atoms with Crippen LogP contribution >= 0.6 is 11.8 Å². The number of carbonyl (C=O) groups is 1. The van der Waals surface area contributed by atoms with E-state index in [9.17, 15) is 4.79 Å². The Hall–Kier alpha value is -1.08. The van der Waals surface area contributed by atoms with Gasteiger partial charge in [0, 0.05) is 12.8 Å². The van der Waals surface area contributed by atoms with Gasteiger partial charge in [0.1, 0.15) is 6.33 Å². The van der Waals surface area contributed by atoms with Crippen molar-refractivity contribution in [1.29, 1.82) is 0 Å². The SMILES string of the molecule is CCNC(C)(CCCCSc1nncn1C)C(N)=O. The summed E-state index contributed by atoms with van der Waals surface area (Å²) >= 11 is 1.68. The zero-order valence-electron chi connectivity index (χ0n) is 11.8. The maximum atomic E-state index is 11.4. The van der Waals surface area contributed by atoms with E-state index in [1.54, 1.807) is 18.1 Å². The first-order chi connectivity index (χ1) is 8.99. The van der Waals surface area contributed by atoms with Gasteiger partial charge in [-0.25, -0.2) is 0 Å². The maximum Gasteiger partial charge on any atom is 0.237 e. The van der Waals surface area contributed by atoms with Crippen LogP contribution in [0.25, 0.3) is 0 Å². The van der Waals surface area contributed by atoms with Crippen LogP contribution < -0.4 is 11.1 Å². The number of unbranched alkanes of at least 4 members (excludes halogenated alkanes) is 1. The fourth-order valence-electron chi connectivity index (χ4n) is 1.84. The predicted molar refractivity (Wildman–Crippen MR) is 76.9 cm³/mol. The fourth-order valence-corrected chi connectivity index (χ4v) is 2.72. The number of hydrogen-bond acceptors (Lipinski definition) is 5. The lowest BCUT2D eigenvalue weighted by Gasteiger charge is -2.26. The highest BCUT2D eigenvalue weighted by Gasteiger charge is 2.28. The second-order valence-corrected chi connectivity index (χ2v) is 5.82. The van der Waals surface area contributed by atoms with Crippen LogP contribution in [0.3, 0.4) is 0 Å². The zero-order chi connectivity index (χ0) is 14.3. The van der Waals surface area contributed by atoms with Gasteiger partial charge >= 0.3 is 0 Å². The van der Waals surface area contributed by atoms with Crippen LogP contribution in [0, 0.1) is 0 Å². The molecule has 0 saturated carbocycles. The van der Waals surface area contributed by atoms with Crippen molar-refractivity contribution in [3.05, 3.63) is 6.33 Å². The van der Waals surface area contributed by atoms with Crippen molar-refractivity contribution in [1.82, 2.24) is 20.1 Å². The molecule has 0 bridgehead atoms. The van der Waals surface area contributed by atoms with E-state index in [1.165, 1.54) is 0 Å². The molecule has 0 radical (unpaired) electrons. The third-order valence-electron chi connectivity index (χ3n) is 3.08. The Morgan fingerprint density at radius 1 is 1.58 bits per heavy atom. The van der Waals surface area contributed by atoms with E-state index in [2.05, 4.69) is 15.5 Å². The summed E-state index contributed by atoms with van der Waals surface area (Å²) in [5.41, 5.74) is 4.85. The minimum atomic E-state index is -0.593. The molecule has 1 aromatic rings. The van der Waals surface area contributed by atoms with Gasteiger partial charge in [-0.05, 0) is 26.3 Å². The minimum Gasteiger partial charge on any atom is -0.368 e. The topological polar surface area (TPSA) is 85.8 Å². The molecule has 0 aliphatic rings. The number of likely N-dealkylation sites (N-methyl/N-ethyl adjacent to an activating group) is 1. The monoisotopic (exact) mass is 285 g/mol. The van der Waals surface area contributed by atoms with Crippen molar-refractivity contribution in [2.24, 2.45) is 12.8 Å². The van der Waals surface area contributed by atoms with Crippen molar-refractivity contribution in [3.8, 4) is 0 Å². The molecule has 6 nitrogen and oxygen atoms in total. The van der Waals surface area contributed by atoms with Crippen LogP contribution in [0.15, 0.2) is 11.5 Å². The van der Waals surface area contributed by atoms with Gasteiger partial charge in [-0.15, -0.1) is 10.2 Å². The number of thioether (sulfide) groups is 1. The fraction of sp³-hybridized carbons (Fsp3) is 0.750. The predicted octanol–water partition coefficient (Wildman–Crippen LogP) is 0.931. The molecule has 3 N–H and O–H groups in total. The first-order valence-corrected chi connectivity index (χ1v) is 7.50. The Kier molecular flexibility index (Phi) is 6.30. The maximum absolute atomic E-state index is 11.4. The number of nitrogens with zero attached hydrogens (tertiary/aromatic N) is 3. The molecule has 1 atom stereocenters. The van der Waals surface area contributed by atoms with Gasteiger partial charge in [-0.2, -0.15) is 0 Å². The van der Waals surface area contributed by atoms with E-state index < -0.39 is 5.54 Å². The van der Waals surface area contributed by atoms with Gasteiger partial charge in [0.2, 0.25) is 5.91 Å². The average Bonchev–Trinajstić information content (AvgIpc) is 2.75. The largest absolute Gasteiger partial charge is 0.368 e. The lowest BCUT2D eigenvalue weighted by molar-refractivity contribution is -0.124. The van der Waals surface area contributed by atoms with E-state index in [1.807, 2.05) is 25.5 Å². The molecule has 0 aliphatic heterocycles. The molecule has 1 rings (SSSR count). The van der Waals surface area contributed by atoms with Crippen LogP contribution in [0.2, 0.25) is 0 Å². The molecule has 108 valence electrons. The van der Waals surface area contributed by atoms with Crippen molar-refractivity contribution < 1.29 is 4.79 Å². The van der Waals surface area contributed by atoms with Gasteiger partial charge in [-0.3, -0.25) is 4.79 Å². The number of hydrogen-bond donors (Lipinski definition) is 2. The normalized spacial score (nSPS) is 14.3. The molecule has 7 heteroatoms. The second-order valence-electron chi connectivity index (χ2n) is 4.76. The van der Waals surface area contributed by atoms with E-state index in [0.717, 1.165) is 36.7 Å². The summed E-state index contributed by atoms with van der Waals surface area (Å²) in [6.07, 6.45) is 4.43. The molecule has 19 heavy (non-hydrogen) atoms. The number of amides is 1. The van der Waals surface area contributed by atoms with Crippen molar-refractivity contribution >= 4 is 17.7 Å². The van der Waals surface area contributed by atoms with Gasteiger partial charge in [0.25, 0.3) is 0 Å². The summed E-state index contributed by atoms with van der Waals surface area (Å²) < 4.78 is 1.90. The second kappa shape index (κ2) is 7.49. The Morgan fingerprint density at radius 2 is 2.32 bits per heavy atom. The molecule has 0 fully saturated rings. The molecular formula is C12H23N5OS. The van der Waals surface area contributed by atoms with Crippen LogP contribution in [-0.4, -0.2) is 38.5 Å². The highest BCUT2D eigenvalue weighted by atomic mass is 32.2. The Labute approximate surface area is 118 Å². The smallest absolute Gasteiger partial charge is 0.237 e. The van der Waals surface area contributed by atoms with Gasteiger partial charge in [-0.1, -0.05) is 25.1 Å². The summed E-state index contributed by atoms with van der Waals surface area (Å²) in [7, 11) is 1.93. The van der Waals surface area contributed by atoms with Crippen molar-refractivity contribution in [2.75, 3.05) is 12.3 Å². The Balaban J connectivity index is 2.26. The Morgan fingerprint density at radius 3 is 2.84 bits per heavy atom. The minimum absolute atomic E-state index is 0.282. The third-order valence-corrected chi connectivity index (χ3v) is 4.20. The lowest BCUT2D eigenvalue weighted by Crippen LogP contribution is -2.52. The number of aromatic nitrogens is 3. The van der Waals surface area contributed by atoms with Gasteiger partial charge < -0.3 is 15.6 Å². The highest BCUT2D eigenvalue weighted by molar-refractivity contribution is 7.99. The first kappa shape index (κ1) is 16.0. The summed E-state index contributed by atoms with van der Waals surface area (Å²) in [5, 5.41) is 11.9. The molecule has 0 spiro atoms. The van der Waals surface area contributed by atoms with E-state index >= 15 is 0 Å². The zero-order valence-corrected chi connectivity index (χ0v) is 12.7. The van der Waals surface area contributed by atoms with Crippen LogP contribution in [0.1, 0.15) is 33.1 Å². The number of primary amides is 1. The molecule has 1 amide bonds. The lowest BCUT2D eigenvalue weighted by atomic mass is 9.94.